The molecule has 112 valence electrons. The van der Waals surface area contributed by atoms with Gasteiger partial charge in [-0.2, -0.15) is 15.0 Å². The number of nitrogens with zero attached hydrogens (tertiary/aromatic N) is 3. The van der Waals surface area contributed by atoms with E-state index in [0.717, 1.165) is 18.8 Å². The molecular weight excluding hydrogens is 264 g/mol. The predicted molar refractivity (Wildman–Crippen MR) is 83.8 cm³/mol. The Morgan fingerprint density at radius 3 is 2.48 bits per heavy atom. The van der Waals surface area contributed by atoms with Crippen molar-refractivity contribution in [3.05, 3.63) is 41.2 Å². The highest BCUT2D eigenvalue weighted by Crippen LogP contribution is 2.12. The first-order valence-electron chi connectivity index (χ1n) is 7.38. The number of anilines is 1. The molecule has 0 saturated heterocycles. The summed E-state index contributed by atoms with van der Waals surface area (Å²) >= 11 is 0. The Kier molecular flexibility index (Phi) is 5.49. The van der Waals surface area contributed by atoms with Gasteiger partial charge in [0.05, 0.1) is 6.61 Å². The fraction of sp³-hybridized carbons (Fsp3) is 0.438. The molecule has 2 rings (SSSR count). The van der Waals surface area contributed by atoms with Crippen molar-refractivity contribution < 1.29 is 4.74 Å². The summed E-state index contributed by atoms with van der Waals surface area (Å²) in [5, 5.41) is 3.19. The molecular formula is C16H22N4O. The molecule has 5 heteroatoms. The third kappa shape index (κ3) is 4.70. The quantitative estimate of drug-likeness (QED) is 0.848. The first-order valence-corrected chi connectivity index (χ1v) is 7.38. The minimum atomic E-state index is 0.383. The lowest BCUT2D eigenvalue weighted by Crippen LogP contribution is -2.10. The minimum absolute atomic E-state index is 0.383. The van der Waals surface area contributed by atoms with Gasteiger partial charge in [-0.3, -0.25) is 0 Å². The second-order valence-electron chi connectivity index (χ2n) is 4.88. The normalized spacial score (nSPS) is 10.4. The second kappa shape index (κ2) is 7.57. The molecule has 1 aromatic heterocycles. The summed E-state index contributed by atoms with van der Waals surface area (Å²) < 4.78 is 5.42. The Hall–Kier alpha value is -2.17. The average molecular weight is 286 g/mol. The average Bonchev–Trinajstić information content (AvgIpc) is 2.48. The topological polar surface area (TPSA) is 59.9 Å². The molecule has 2 aromatic rings. The van der Waals surface area contributed by atoms with Crippen molar-refractivity contribution in [2.24, 2.45) is 0 Å². The molecule has 0 aliphatic heterocycles. The number of aromatic nitrogens is 3. The summed E-state index contributed by atoms with van der Waals surface area (Å²) in [6.45, 7) is 7.47. The molecule has 0 amide bonds. The first-order chi connectivity index (χ1) is 10.2. The minimum Gasteiger partial charge on any atom is -0.464 e. The van der Waals surface area contributed by atoms with Crippen molar-refractivity contribution in [2.45, 2.75) is 33.6 Å². The molecule has 0 bridgehead atoms. The van der Waals surface area contributed by atoms with Crippen LogP contribution < -0.4 is 10.1 Å². The molecule has 1 N–H and O–H groups in total. The SMILES string of the molecule is CCCNc1nc(Cc2ccc(C)cc2)nc(OCC)n1. The number of nitrogens with one attached hydrogen (secondary N) is 1. The van der Waals surface area contributed by atoms with E-state index in [2.05, 4.69) is 58.4 Å². The third-order valence-corrected chi connectivity index (χ3v) is 2.95. The summed E-state index contributed by atoms with van der Waals surface area (Å²) in [5.41, 5.74) is 2.42. The highest BCUT2D eigenvalue weighted by Gasteiger charge is 2.08. The van der Waals surface area contributed by atoms with Crippen LogP contribution in [0.1, 0.15) is 37.2 Å². The maximum atomic E-state index is 5.42. The summed E-state index contributed by atoms with van der Waals surface area (Å²) in [5.74, 6) is 1.30. The largest absolute Gasteiger partial charge is 0.464 e. The van der Waals surface area contributed by atoms with Gasteiger partial charge in [0.15, 0.2) is 0 Å². The molecule has 0 spiro atoms. The number of benzene rings is 1. The van der Waals surface area contributed by atoms with Crippen LogP contribution in [-0.2, 0) is 6.42 Å². The Balaban J connectivity index is 2.19. The van der Waals surface area contributed by atoms with Gasteiger partial charge in [-0.05, 0) is 25.8 Å². The van der Waals surface area contributed by atoms with E-state index in [4.69, 9.17) is 4.74 Å². The van der Waals surface area contributed by atoms with Gasteiger partial charge >= 0.3 is 6.01 Å². The zero-order valence-electron chi connectivity index (χ0n) is 12.9. The molecule has 0 atom stereocenters. The van der Waals surface area contributed by atoms with Gasteiger partial charge in [-0.1, -0.05) is 36.8 Å². The maximum absolute atomic E-state index is 5.42. The summed E-state index contributed by atoms with van der Waals surface area (Å²) in [4.78, 5) is 13.1. The summed E-state index contributed by atoms with van der Waals surface area (Å²) in [6, 6.07) is 8.76. The number of rotatable bonds is 7. The lowest BCUT2D eigenvalue weighted by molar-refractivity contribution is 0.310. The lowest BCUT2D eigenvalue weighted by atomic mass is 10.1. The second-order valence-corrected chi connectivity index (χ2v) is 4.88. The fourth-order valence-electron chi connectivity index (χ4n) is 1.88. The van der Waals surface area contributed by atoms with Gasteiger partial charge in [0, 0.05) is 13.0 Å². The summed E-state index contributed by atoms with van der Waals surface area (Å²) in [6.07, 6.45) is 1.69. The Morgan fingerprint density at radius 2 is 1.81 bits per heavy atom. The van der Waals surface area contributed by atoms with Crippen LogP contribution in [0.2, 0.25) is 0 Å². The van der Waals surface area contributed by atoms with Gasteiger partial charge in [-0.25, -0.2) is 0 Å². The Bertz CT molecular complexity index is 569. The smallest absolute Gasteiger partial charge is 0.321 e. The molecule has 0 fully saturated rings. The molecule has 5 nitrogen and oxygen atoms in total. The van der Waals surface area contributed by atoms with E-state index in [1.54, 1.807) is 0 Å². The van der Waals surface area contributed by atoms with E-state index in [1.807, 2.05) is 6.92 Å². The lowest BCUT2D eigenvalue weighted by Gasteiger charge is -2.08. The van der Waals surface area contributed by atoms with Crippen molar-refractivity contribution in [3.63, 3.8) is 0 Å². The highest BCUT2D eigenvalue weighted by molar-refractivity contribution is 5.29. The van der Waals surface area contributed by atoms with Gasteiger partial charge in [0.25, 0.3) is 0 Å². The van der Waals surface area contributed by atoms with Crippen molar-refractivity contribution in [1.29, 1.82) is 0 Å². The molecule has 0 aliphatic carbocycles. The van der Waals surface area contributed by atoms with Gasteiger partial charge in [0.1, 0.15) is 5.82 Å². The van der Waals surface area contributed by atoms with Gasteiger partial charge in [-0.15, -0.1) is 0 Å². The molecule has 1 aromatic carbocycles. The van der Waals surface area contributed by atoms with Crippen LogP contribution in [0.3, 0.4) is 0 Å². The zero-order chi connectivity index (χ0) is 15.1. The van der Waals surface area contributed by atoms with E-state index in [0.29, 0.717) is 25.0 Å². The molecule has 0 unspecified atom stereocenters. The number of ether oxygens (including phenoxy) is 1. The van der Waals surface area contributed by atoms with Gasteiger partial charge in [0.2, 0.25) is 5.95 Å². The highest BCUT2D eigenvalue weighted by atomic mass is 16.5. The van der Waals surface area contributed by atoms with Crippen LogP contribution in [0.4, 0.5) is 5.95 Å². The standard InChI is InChI=1S/C16H22N4O/c1-4-10-17-15-18-14(19-16(20-15)21-5-2)11-13-8-6-12(3)7-9-13/h6-9H,4-5,10-11H2,1-3H3,(H,17,18,19,20). The van der Waals surface area contributed by atoms with Crippen molar-refractivity contribution in [3.8, 4) is 6.01 Å². The summed E-state index contributed by atoms with van der Waals surface area (Å²) in [7, 11) is 0. The molecule has 0 aliphatic rings. The van der Waals surface area contributed by atoms with E-state index in [-0.39, 0.29) is 0 Å². The van der Waals surface area contributed by atoms with Crippen molar-refractivity contribution >= 4 is 5.95 Å². The van der Waals surface area contributed by atoms with Crippen molar-refractivity contribution in [1.82, 2.24) is 15.0 Å². The molecule has 1 heterocycles. The Labute approximate surface area is 125 Å². The van der Waals surface area contributed by atoms with Crippen LogP contribution in [0, 0.1) is 6.92 Å². The van der Waals surface area contributed by atoms with Crippen LogP contribution >= 0.6 is 0 Å². The number of aryl methyl sites for hydroxylation is 1. The zero-order valence-corrected chi connectivity index (χ0v) is 12.9. The molecule has 0 saturated carbocycles. The van der Waals surface area contributed by atoms with E-state index in [1.165, 1.54) is 11.1 Å². The van der Waals surface area contributed by atoms with Crippen LogP contribution in [-0.4, -0.2) is 28.1 Å². The third-order valence-electron chi connectivity index (χ3n) is 2.95. The number of hydrogen-bond donors (Lipinski definition) is 1. The van der Waals surface area contributed by atoms with E-state index in [9.17, 15) is 0 Å². The van der Waals surface area contributed by atoms with E-state index < -0.39 is 0 Å². The van der Waals surface area contributed by atoms with Crippen LogP contribution in [0.25, 0.3) is 0 Å². The van der Waals surface area contributed by atoms with Crippen molar-refractivity contribution in [2.75, 3.05) is 18.5 Å². The van der Waals surface area contributed by atoms with Crippen LogP contribution in [0.5, 0.6) is 6.01 Å². The van der Waals surface area contributed by atoms with E-state index >= 15 is 0 Å². The molecule has 21 heavy (non-hydrogen) atoms. The number of hydrogen-bond acceptors (Lipinski definition) is 5. The first kappa shape index (κ1) is 15.2. The monoisotopic (exact) mass is 286 g/mol. The Morgan fingerprint density at radius 1 is 1.05 bits per heavy atom. The van der Waals surface area contributed by atoms with Crippen LogP contribution in [0.15, 0.2) is 24.3 Å². The van der Waals surface area contributed by atoms with Gasteiger partial charge < -0.3 is 10.1 Å². The maximum Gasteiger partial charge on any atom is 0.321 e. The fourth-order valence-corrected chi connectivity index (χ4v) is 1.88. The molecule has 0 radical (unpaired) electrons. The predicted octanol–water partition coefficient (Wildman–Crippen LogP) is 2.99.